The van der Waals surface area contributed by atoms with Crippen LogP contribution in [0.15, 0.2) is 30.3 Å². The average Bonchev–Trinajstić information content (AvgIpc) is 2.37. The Morgan fingerprint density at radius 1 is 1.29 bits per heavy atom. The highest BCUT2D eigenvalue weighted by atomic mass is 32.2. The minimum absolute atomic E-state index is 0.127. The van der Waals surface area contributed by atoms with Gasteiger partial charge in [0, 0.05) is 16.6 Å². The summed E-state index contributed by atoms with van der Waals surface area (Å²) in [6.07, 6.45) is 3.56. The zero-order valence-electron chi connectivity index (χ0n) is 10.3. The fourth-order valence-corrected chi connectivity index (χ4v) is 3.24. The first-order chi connectivity index (χ1) is 8.29. The van der Waals surface area contributed by atoms with E-state index >= 15 is 0 Å². The molecule has 0 amide bonds. The van der Waals surface area contributed by atoms with E-state index in [0.29, 0.717) is 12.2 Å². The number of benzene rings is 1. The smallest absolute Gasteiger partial charge is 0.0726 e. The first-order valence-electron chi connectivity index (χ1n) is 6.08. The van der Waals surface area contributed by atoms with E-state index in [1.165, 1.54) is 0 Å². The molecule has 0 saturated heterocycles. The first-order valence-corrected chi connectivity index (χ1v) is 7.47. The largest absolute Gasteiger partial charge is 0.259 e. The monoisotopic (exact) mass is 249 g/mol. The number of unbranched alkanes of at least 4 members (excludes halogenated alkanes) is 2. The molecule has 2 nitrogen and oxygen atoms in total. The lowest BCUT2D eigenvalue weighted by molar-refractivity contribution is 0.665. The van der Waals surface area contributed by atoms with Crippen LogP contribution in [0, 0.1) is 11.3 Å². The molecule has 0 aliphatic carbocycles. The van der Waals surface area contributed by atoms with Gasteiger partial charge in [-0.15, -0.1) is 0 Å². The van der Waals surface area contributed by atoms with Gasteiger partial charge in [-0.05, 0) is 12.0 Å². The lowest BCUT2D eigenvalue weighted by atomic mass is 10.1. The lowest BCUT2D eigenvalue weighted by Crippen LogP contribution is -2.09. The molecule has 92 valence electrons. The summed E-state index contributed by atoms with van der Waals surface area (Å²) < 4.78 is 12.2. The third kappa shape index (κ3) is 4.70. The molecule has 1 aromatic rings. The fourth-order valence-electron chi connectivity index (χ4n) is 1.75. The number of hydrogen-bond acceptors (Lipinski definition) is 2. The predicted molar refractivity (Wildman–Crippen MR) is 71.9 cm³/mol. The van der Waals surface area contributed by atoms with E-state index < -0.39 is 10.8 Å². The van der Waals surface area contributed by atoms with Gasteiger partial charge in [0.2, 0.25) is 0 Å². The average molecular weight is 249 g/mol. The van der Waals surface area contributed by atoms with Crippen LogP contribution < -0.4 is 0 Å². The van der Waals surface area contributed by atoms with Crippen molar-refractivity contribution in [1.82, 2.24) is 0 Å². The second-order valence-electron chi connectivity index (χ2n) is 4.05. The van der Waals surface area contributed by atoms with E-state index in [1.807, 2.05) is 30.3 Å². The van der Waals surface area contributed by atoms with Crippen LogP contribution in [-0.2, 0) is 10.8 Å². The van der Waals surface area contributed by atoms with Gasteiger partial charge in [0.05, 0.1) is 17.7 Å². The molecule has 2 unspecified atom stereocenters. The second-order valence-corrected chi connectivity index (χ2v) is 5.79. The summed E-state index contributed by atoms with van der Waals surface area (Å²) in [4.78, 5) is 0. The lowest BCUT2D eigenvalue weighted by Gasteiger charge is -2.13. The van der Waals surface area contributed by atoms with Crippen molar-refractivity contribution in [3.05, 3.63) is 35.9 Å². The molecule has 1 rings (SSSR count). The second kappa shape index (κ2) is 8.03. The summed E-state index contributed by atoms with van der Waals surface area (Å²) >= 11 is 0. The fraction of sp³-hybridized carbons (Fsp3) is 0.500. The van der Waals surface area contributed by atoms with Crippen LogP contribution in [0.25, 0.3) is 0 Å². The van der Waals surface area contributed by atoms with Gasteiger partial charge in [0.25, 0.3) is 0 Å². The van der Waals surface area contributed by atoms with Crippen molar-refractivity contribution in [2.24, 2.45) is 0 Å². The highest BCUT2D eigenvalue weighted by molar-refractivity contribution is 7.85. The summed E-state index contributed by atoms with van der Waals surface area (Å²) in [6.45, 7) is 2.13. The van der Waals surface area contributed by atoms with Crippen molar-refractivity contribution in [3.8, 4) is 6.07 Å². The zero-order valence-corrected chi connectivity index (χ0v) is 11.1. The molecular formula is C14H19NOS. The van der Waals surface area contributed by atoms with Crippen molar-refractivity contribution in [2.75, 3.05) is 5.75 Å². The van der Waals surface area contributed by atoms with E-state index in [-0.39, 0.29) is 5.25 Å². The van der Waals surface area contributed by atoms with Crippen LogP contribution in [0.1, 0.15) is 43.4 Å². The Morgan fingerprint density at radius 3 is 2.59 bits per heavy atom. The number of hydrogen-bond donors (Lipinski definition) is 0. The van der Waals surface area contributed by atoms with E-state index in [4.69, 9.17) is 5.26 Å². The van der Waals surface area contributed by atoms with E-state index in [0.717, 1.165) is 24.8 Å². The van der Waals surface area contributed by atoms with Gasteiger partial charge in [-0.3, -0.25) is 4.21 Å². The number of rotatable bonds is 7. The van der Waals surface area contributed by atoms with Crippen LogP contribution in [0.4, 0.5) is 0 Å². The normalized spacial score (nSPS) is 13.9. The summed E-state index contributed by atoms with van der Waals surface area (Å²) in [5.41, 5.74) is 1.02. The minimum Gasteiger partial charge on any atom is -0.259 e. The molecule has 0 radical (unpaired) electrons. The van der Waals surface area contributed by atoms with Gasteiger partial charge in [-0.2, -0.15) is 5.26 Å². The van der Waals surface area contributed by atoms with Crippen LogP contribution in [0.3, 0.4) is 0 Å². The third-order valence-corrected chi connectivity index (χ3v) is 4.48. The highest BCUT2D eigenvalue weighted by Crippen LogP contribution is 2.24. The van der Waals surface area contributed by atoms with Gasteiger partial charge in [0.15, 0.2) is 0 Å². The van der Waals surface area contributed by atoms with Crippen molar-refractivity contribution in [1.29, 1.82) is 5.26 Å². The maximum Gasteiger partial charge on any atom is 0.0726 e. The van der Waals surface area contributed by atoms with E-state index in [9.17, 15) is 4.21 Å². The number of nitrogens with zero attached hydrogens (tertiary/aromatic N) is 1. The minimum atomic E-state index is -0.933. The molecule has 3 heteroatoms. The van der Waals surface area contributed by atoms with E-state index in [1.54, 1.807) is 0 Å². The Labute approximate surface area is 106 Å². The molecule has 0 aliphatic heterocycles. The molecule has 0 spiro atoms. The van der Waals surface area contributed by atoms with Gasteiger partial charge in [-0.1, -0.05) is 50.1 Å². The molecule has 2 atom stereocenters. The standard InChI is InChI=1S/C14H19NOS/c1-2-3-7-12-17(16)14(10-11-15)13-8-5-4-6-9-13/h4-6,8-9,14H,2-3,7,10,12H2,1H3. The highest BCUT2D eigenvalue weighted by Gasteiger charge is 2.17. The maximum atomic E-state index is 12.2. The molecule has 0 aliphatic rings. The topological polar surface area (TPSA) is 40.9 Å². The molecule has 1 aromatic carbocycles. The molecule has 0 fully saturated rings. The Hall–Kier alpha value is -1.14. The number of nitriles is 1. The SMILES string of the molecule is CCCCCS(=O)C(CC#N)c1ccccc1. The Morgan fingerprint density at radius 2 is 2.00 bits per heavy atom. The van der Waals surface area contributed by atoms with Crippen molar-refractivity contribution < 1.29 is 4.21 Å². The zero-order chi connectivity index (χ0) is 12.5. The first kappa shape index (κ1) is 13.9. The van der Waals surface area contributed by atoms with Crippen molar-refractivity contribution in [3.63, 3.8) is 0 Å². The van der Waals surface area contributed by atoms with Crippen LogP contribution >= 0.6 is 0 Å². The predicted octanol–water partition coefficient (Wildman–Crippen LogP) is 3.58. The molecule has 0 aromatic heterocycles. The quantitative estimate of drug-likeness (QED) is 0.693. The Bertz CT molecular complexity index is 383. The van der Waals surface area contributed by atoms with Crippen LogP contribution in [0.2, 0.25) is 0 Å². The molecule has 0 N–H and O–H groups in total. The summed E-state index contributed by atoms with van der Waals surface area (Å²) in [5.74, 6) is 0.703. The van der Waals surface area contributed by atoms with Gasteiger partial charge in [0.1, 0.15) is 0 Å². The van der Waals surface area contributed by atoms with Gasteiger partial charge in [-0.25, -0.2) is 0 Å². The third-order valence-electron chi connectivity index (χ3n) is 2.71. The molecular weight excluding hydrogens is 230 g/mol. The Balaban J connectivity index is 2.66. The molecule has 0 bridgehead atoms. The summed E-state index contributed by atoms with van der Waals surface area (Å²) in [6, 6.07) is 11.9. The molecule has 0 saturated carbocycles. The maximum absolute atomic E-state index is 12.2. The Kier molecular flexibility index (Phi) is 6.57. The van der Waals surface area contributed by atoms with Crippen LogP contribution in [-0.4, -0.2) is 9.96 Å². The van der Waals surface area contributed by atoms with Crippen LogP contribution in [0.5, 0.6) is 0 Å². The van der Waals surface area contributed by atoms with Crippen molar-refractivity contribution in [2.45, 2.75) is 37.9 Å². The van der Waals surface area contributed by atoms with E-state index in [2.05, 4.69) is 13.0 Å². The summed E-state index contributed by atoms with van der Waals surface area (Å²) in [7, 11) is -0.933. The van der Waals surface area contributed by atoms with Gasteiger partial charge < -0.3 is 0 Å². The van der Waals surface area contributed by atoms with Crippen molar-refractivity contribution >= 4 is 10.8 Å². The molecule has 0 heterocycles. The molecule has 17 heavy (non-hydrogen) atoms. The van der Waals surface area contributed by atoms with Gasteiger partial charge >= 0.3 is 0 Å². The summed E-state index contributed by atoms with van der Waals surface area (Å²) in [5, 5.41) is 8.71.